The van der Waals surface area contributed by atoms with Crippen molar-refractivity contribution in [3.8, 4) is 0 Å². The van der Waals surface area contributed by atoms with Gasteiger partial charge in [0.1, 0.15) is 0 Å². The van der Waals surface area contributed by atoms with Crippen LogP contribution in [0.4, 0.5) is 13.2 Å². The zero-order valence-corrected chi connectivity index (χ0v) is 6.04. The van der Waals surface area contributed by atoms with E-state index >= 15 is 0 Å². The molecule has 1 saturated heterocycles. The lowest BCUT2D eigenvalue weighted by Crippen LogP contribution is -2.06. The molecule has 0 aromatic heterocycles. The summed E-state index contributed by atoms with van der Waals surface area (Å²) in [6.07, 6.45) is -2.80. The Balaban J connectivity index is 2.34. The Hall–Kier alpha value is -0.510. The number of halogens is 3. The van der Waals surface area contributed by atoms with E-state index in [0.29, 0.717) is 6.54 Å². The van der Waals surface area contributed by atoms with E-state index in [4.69, 9.17) is 0 Å². The summed E-state index contributed by atoms with van der Waals surface area (Å²) in [5.41, 5.74) is 0.877. The van der Waals surface area contributed by atoms with E-state index in [0.717, 1.165) is 18.5 Å². The van der Waals surface area contributed by atoms with Crippen LogP contribution >= 0.6 is 0 Å². The summed E-state index contributed by atoms with van der Waals surface area (Å²) >= 11 is 0. The molecule has 0 unspecified atom stereocenters. The third kappa shape index (κ3) is 3.41. The lowest BCUT2D eigenvalue weighted by atomic mass is 10.2. The second kappa shape index (κ2) is 3.26. The van der Waals surface area contributed by atoms with Crippen LogP contribution in [-0.2, 0) is 0 Å². The highest BCUT2D eigenvalue weighted by atomic mass is 19.4. The van der Waals surface area contributed by atoms with E-state index < -0.39 is 12.6 Å². The first-order valence-corrected chi connectivity index (χ1v) is 3.53. The molecule has 0 bridgehead atoms. The molecular weight excluding hydrogens is 155 g/mol. The first-order valence-electron chi connectivity index (χ1n) is 3.53. The van der Waals surface area contributed by atoms with Gasteiger partial charge in [0.05, 0.1) is 6.42 Å². The molecule has 11 heavy (non-hydrogen) atoms. The Morgan fingerprint density at radius 2 is 2.18 bits per heavy atom. The molecule has 1 N–H and O–H groups in total. The second-order valence-electron chi connectivity index (χ2n) is 2.61. The molecule has 1 nitrogen and oxygen atoms in total. The molecular formula is C7H10F3N. The summed E-state index contributed by atoms with van der Waals surface area (Å²) in [5.74, 6) is 0. The predicted octanol–water partition coefficient (Wildman–Crippen LogP) is 1.86. The third-order valence-electron chi connectivity index (χ3n) is 1.60. The summed E-state index contributed by atoms with van der Waals surface area (Å²) in [6.45, 7) is 1.43. The van der Waals surface area contributed by atoms with Crippen LogP contribution in [-0.4, -0.2) is 19.3 Å². The standard InChI is InChI=1S/C7H10F3N/c8-7(9,10)3-1-6-2-4-11-5-6/h1,11H,2-5H2/b6-1+. The summed E-state index contributed by atoms with van der Waals surface area (Å²) in [7, 11) is 0. The van der Waals surface area contributed by atoms with E-state index in [1.165, 1.54) is 6.08 Å². The van der Waals surface area contributed by atoms with Gasteiger partial charge in [-0.05, 0) is 13.0 Å². The molecule has 1 aliphatic rings. The van der Waals surface area contributed by atoms with Gasteiger partial charge in [0.15, 0.2) is 0 Å². The lowest BCUT2D eigenvalue weighted by Gasteiger charge is -2.01. The molecule has 1 fully saturated rings. The number of allylic oxidation sites excluding steroid dienone is 1. The molecule has 0 saturated carbocycles. The monoisotopic (exact) mass is 165 g/mol. The smallest absolute Gasteiger partial charge is 0.313 e. The van der Waals surface area contributed by atoms with Crippen molar-refractivity contribution < 1.29 is 13.2 Å². The van der Waals surface area contributed by atoms with Gasteiger partial charge in [-0.3, -0.25) is 0 Å². The lowest BCUT2D eigenvalue weighted by molar-refractivity contribution is -0.125. The Morgan fingerprint density at radius 1 is 1.45 bits per heavy atom. The Labute approximate surface area is 63.3 Å². The topological polar surface area (TPSA) is 12.0 Å². The summed E-state index contributed by atoms with van der Waals surface area (Å²) in [5, 5.41) is 2.97. The molecule has 1 aliphatic heterocycles. The maximum atomic E-state index is 11.6. The molecule has 0 aromatic carbocycles. The average molecular weight is 165 g/mol. The van der Waals surface area contributed by atoms with Crippen LogP contribution in [0.5, 0.6) is 0 Å². The summed E-state index contributed by atoms with van der Waals surface area (Å²) in [6, 6.07) is 0. The van der Waals surface area contributed by atoms with Crippen molar-refractivity contribution in [3.05, 3.63) is 11.6 Å². The number of nitrogens with one attached hydrogen (secondary N) is 1. The average Bonchev–Trinajstić information content (AvgIpc) is 2.32. The van der Waals surface area contributed by atoms with Crippen molar-refractivity contribution in [3.63, 3.8) is 0 Å². The molecule has 1 heterocycles. The molecule has 0 aromatic rings. The van der Waals surface area contributed by atoms with Crippen molar-refractivity contribution in [1.82, 2.24) is 5.32 Å². The third-order valence-corrected chi connectivity index (χ3v) is 1.60. The van der Waals surface area contributed by atoms with Gasteiger partial charge < -0.3 is 5.32 Å². The van der Waals surface area contributed by atoms with Gasteiger partial charge in [-0.15, -0.1) is 0 Å². The summed E-state index contributed by atoms with van der Waals surface area (Å²) < 4.78 is 34.9. The van der Waals surface area contributed by atoms with E-state index in [9.17, 15) is 13.2 Å². The van der Waals surface area contributed by atoms with Crippen molar-refractivity contribution in [2.45, 2.75) is 19.0 Å². The van der Waals surface area contributed by atoms with Crippen LogP contribution in [0.2, 0.25) is 0 Å². The largest absolute Gasteiger partial charge is 0.392 e. The van der Waals surface area contributed by atoms with Gasteiger partial charge in [0, 0.05) is 6.54 Å². The van der Waals surface area contributed by atoms with Gasteiger partial charge >= 0.3 is 6.18 Å². The maximum absolute atomic E-state index is 11.6. The minimum Gasteiger partial charge on any atom is -0.313 e. The van der Waals surface area contributed by atoms with Crippen molar-refractivity contribution in [1.29, 1.82) is 0 Å². The zero-order valence-electron chi connectivity index (χ0n) is 6.04. The maximum Gasteiger partial charge on any atom is 0.392 e. The highest BCUT2D eigenvalue weighted by Crippen LogP contribution is 2.21. The van der Waals surface area contributed by atoms with Gasteiger partial charge in [-0.1, -0.05) is 11.6 Å². The zero-order chi connectivity index (χ0) is 8.32. The fourth-order valence-corrected chi connectivity index (χ4v) is 1.02. The normalized spacial score (nSPS) is 23.0. The molecule has 64 valence electrons. The molecule has 0 aliphatic carbocycles. The van der Waals surface area contributed by atoms with Crippen molar-refractivity contribution in [2.24, 2.45) is 0 Å². The molecule has 1 rings (SSSR count). The molecule has 0 amide bonds. The first kappa shape index (κ1) is 8.59. The van der Waals surface area contributed by atoms with Crippen LogP contribution < -0.4 is 5.32 Å². The van der Waals surface area contributed by atoms with Gasteiger partial charge in [-0.25, -0.2) is 0 Å². The Kier molecular flexibility index (Phi) is 2.54. The van der Waals surface area contributed by atoms with Crippen LogP contribution in [0.1, 0.15) is 12.8 Å². The van der Waals surface area contributed by atoms with Crippen LogP contribution in [0.15, 0.2) is 11.6 Å². The fraction of sp³-hybridized carbons (Fsp3) is 0.714. The molecule has 0 radical (unpaired) electrons. The fourth-order valence-electron chi connectivity index (χ4n) is 1.02. The first-order chi connectivity index (χ1) is 5.08. The van der Waals surface area contributed by atoms with E-state index in [1.54, 1.807) is 0 Å². The number of rotatable bonds is 1. The number of alkyl halides is 3. The Morgan fingerprint density at radius 3 is 2.64 bits per heavy atom. The highest BCUT2D eigenvalue weighted by molar-refractivity contribution is 5.09. The quantitative estimate of drug-likeness (QED) is 0.585. The minimum absolute atomic E-state index is 0.621. The van der Waals surface area contributed by atoms with E-state index in [2.05, 4.69) is 5.32 Å². The van der Waals surface area contributed by atoms with Crippen LogP contribution in [0, 0.1) is 0 Å². The van der Waals surface area contributed by atoms with Gasteiger partial charge in [-0.2, -0.15) is 13.2 Å². The number of hydrogen-bond donors (Lipinski definition) is 1. The molecule has 4 heteroatoms. The van der Waals surface area contributed by atoms with Crippen molar-refractivity contribution >= 4 is 0 Å². The van der Waals surface area contributed by atoms with E-state index in [-0.39, 0.29) is 0 Å². The number of hydrogen-bond acceptors (Lipinski definition) is 1. The molecule has 0 spiro atoms. The minimum atomic E-state index is -4.05. The molecule has 0 atom stereocenters. The van der Waals surface area contributed by atoms with Gasteiger partial charge in [0.25, 0.3) is 0 Å². The second-order valence-corrected chi connectivity index (χ2v) is 2.61. The Bertz CT molecular complexity index is 152. The van der Waals surface area contributed by atoms with Crippen molar-refractivity contribution in [2.75, 3.05) is 13.1 Å². The highest BCUT2D eigenvalue weighted by Gasteiger charge is 2.25. The van der Waals surface area contributed by atoms with E-state index in [1.807, 2.05) is 0 Å². The van der Waals surface area contributed by atoms with Crippen LogP contribution in [0.3, 0.4) is 0 Å². The van der Waals surface area contributed by atoms with Crippen LogP contribution in [0.25, 0.3) is 0 Å². The summed E-state index contributed by atoms with van der Waals surface area (Å²) in [4.78, 5) is 0. The SMILES string of the molecule is FC(F)(F)C/C=C1\CCNC1. The predicted molar refractivity (Wildman–Crippen MR) is 36.2 cm³/mol. The van der Waals surface area contributed by atoms with Gasteiger partial charge in [0.2, 0.25) is 0 Å².